The molecule has 0 spiro atoms. The van der Waals surface area contributed by atoms with E-state index in [1.165, 1.54) is 0 Å². The molecule has 4 heteroatoms. The largest absolute Gasteiger partial charge is 0.455 e. The van der Waals surface area contributed by atoms with Gasteiger partial charge in [-0.05, 0) is 24.3 Å². The third-order valence-electron chi connectivity index (χ3n) is 2.97. The fourth-order valence-corrected chi connectivity index (χ4v) is 2.77. The van der Waals surface area contributed by atoms with Crippen LogP contribution in [0.2, 0.25) is 0 Å². The Labute approximate surface area is 134 Å². The highest BCUT2D eigenvalue weighted by Crippen LogP contribution is 2.30. The molecule has 2 aromatic carbocycles. The van der Waals surface area contributed by atoms with Crippen molar-refractivity contribution in [2.24, 2.45) is 0 Å². The Balaban J connectivity index is 1.98. The highest BCUT2D eigenvalue weighted by Gasteiger charge is 2.06. The third kappa shape index (κ3) is 2.86. The normalized spacial score (nSPS) is 10.7. The molecule has 2 nitrogen and oxygen atoms in total. The summed E-state index contributed by atoms with van der Waals surface area (Å²) < 4.78 is 6.96. The fraction of sp³-hybridized carbons (Fsp3) is 0.0625. The molecule has 0 fully saturated rings. The second-order valence-corrected chi connectivity index (χ2v) is 5.83. The van der Waals surface area contributed by atoms with E-state index in [-0.39, 0.29) is 0 Å². The van der Waals surface area contributed by atoms with Crippen molar-refractivity contribution in [3.05, 3.63) is 64.8 Å². The van der Waals surface area contributed by atoms with Crippen LogP contribution in [0.3, 0.4) is 0 Å². The first-order valence-electron chi connectivity index (χ1n) is 6.13. The van der Waals surface area contributed by atoms with Crippen molar-refractivity contribution in [2.75, 3.05) is 0 Å². The van der Waals surface area contributed by atoms with E-state index in [0.717, 1.165) is 37.8 Å². The molecule has 0 saturated carbocycles. The number of benzene rings is 2. The predicted octanol–water partition coefficient (Wildman–Crippen LogP) is 5.68. The van der Waals surface area contributed by atoms with Crippen molar-refractivity contribution in [1.29, 1.82) is 0 Å². The SMILES string of the molecule is BrCc1ccc(Br)cc1Oc1cnc2ccccc2c1. The summed E-state index contributed by atoms with van der Waals surface area (Å²) in [5.74, 6) is 1.57. The average Bonchev–Trinajstić information content (AvgIpc) is 2.47. The predicted molar refractivity (Wildman–Crippen MR) is 88.6 cm³/mol. The van der Waals surface area contributed by atoms with E-state index in [0.29, 0.717) is 0 Å². The fourth-order valence-electron chi connectivity index (χ4n) is 1.97. The zero-order valence-electron chi connectivity index (χ0n) is 10.5. The summed E-state index contributed by atoms with van der Waals surface area (Å²) in [5, 5.41) is 1.82. The second-order valence-electron chi connectivity index (χ2n) is 4.35. The number of aromatic nitrogens is 1. The Kier molecular flexibility index (Phi) is 4.03. The summed E-state index contributed by atoms with van der Waals surface area (Å²) in [6.07, 6.45) is 1.75. The Hall–Kier alpha value is -1.39. The number of para-hydroxylation sites is 1. The number of pyridine rings is 1. The first kappa shape index (κ1) is 13.6. The number of alkyl halides is 1. The van der Waals surface area contributed by atoms with Gasteiger partial charge in [0.1, 0.15) is 11.5 Å². The highest BCUT2D eigenvalue weighted by molar-refractivity contribution is 9.10. The molecular weight excluding hydrogens is 382 g/mol. The smallest absolute Gasteiger partial charge is 0.146 e. The van der Waals surface area contributed by atoms with Crippen molar-refractivity contribution in [2.45, 2.75) is 5.33 Å². The Morgan fingerprint density at radius 2 is 1.90 bits per heavy atom. The number of fused-ring (bicyclic) bond motifs is 1. The number of halogens is 2. The number of hydrogen-bond donors (Lipinski definition) is 0. The molecule has 0 aliphatic rings. The zero-order chi connectivity index (χ0) is 13.9. The summed E-state index contributed by atoms with van der Waals surface area (Å²) in [4.78, 5) is 4.41. The standard InChI is InChI=1S/C16H11Br2NO/c17-9-12-5-6-13(18)8-16(12)20-14-7-11-3-1-2-4-15(11)19-10-14/h1-8,10H,9H2. The molecule has 0 aliphatic carbocycles. The van der Waals surface area contributed by atoms with Gasteiger partial charge >= 0.3 is 0 Å². The maximum atomic E-state index is 5.97. The van der Waals surface area contributed by atoms with Crippen molar-refractivity contribution < 1.29 is 4.74 Å². The molecule has 0 unspecified atom stereocenters. The average molecular weight is 393 g/mol. The molecule has 3 rings (SSSR count). The van der Waals surface area contributed by atoms with Crippen LogP contribution in [0.15, 0.2) is 59.2 Å². The van der Waals surface area contributed by atoms with Gasteiger partial charge in [-0.1, -0.05) is 56.1 Å². The van der Waals surface area contributed by atoms with E-state index in [9.17, 15) is 0 Å². The zero-order valence-corrected chi connectivity index (χ0v) is 13.7. The first-order chi connectivity index (χ1) is 9.76. The molecule has 3 aromatic rings. The van der Waals surface area contributed by atoms with Crippen LogP contribution in [0.1, 0.15) is 5.56 Å². The summed E-state index contributed by atoms with van der Waals surface area (Å²) in [5.41, 5.74) is 2.07. The van der Waals surface area contributed by atoms with Crippen LogP contribution in [0.5, 0.6) is 11.5 Å². The van der Waals surface area contributed by atoms with Gasteiger partial charge in [0.25, 0.3) is 0 Å². The van der Waals surface area contributed by atoms with E-state index in [1.807, 2.05) is 48.5 Å². The molecule has 0 atom stereocenters. The van der Waals surface area contributed by atoms with Crippen LogP contribution in [0.4, 0.5) is 0 Å². The van der Waals surface area contributed by atoms with Gasteiger partial charge in [-0.15, -0.1) is 0 Å². The van der Waals surface area contributed by atoms with Gasteiger partial charge < -0.3 is 4.74 Å². The molecule has 1 heterocycles. The van der Waals surface area contributed by atoms with Gasteiger partial charge in [0.15, 0.2) is 0 Å². The summed E-state index contributed by atoms with van der Waals surface area (Å²) in [6.45, 7) is 0. The van der Waals surface area contributed by atoms with Crippen LogP contribution < -0.4 is 4.74 Å². The quantitative estimate of drug-likeness (QED) is 0.534. The Morgan fingerprint density at radius 3 is 2.75 bits per heavy atom. The van der Waals surface area contributed by atoms with Crippen LogP contribution in [-0.2, 0) is 5.33 Å². The van der Waals surface area contributed by atoms with E-state index < -0.39 is 0 Å². The monoisotopic (exact) mass is 391 g/mol. The van der Waals surface area contributed by atoms with Gasteiger partial charge in [0.2, 0.25) is 0 Å². The molecular formula is C16H11Br2NO. The second kappa shape index (κ2) is 5.94. The lowest BCUT2D eigenvalue weighted by atomic mass is 10.2. The minimum absolute atomic E-state index is 0.740. The molecule has 1 aromatic heterocycles. The molecule has 20 heavy (non-hydrogen) atoms. The summed E-state index contributed by atoms with van der Waals surface area (Å²) in [7, 11) is 0. The van der Waals surface area contributed by atoms with E-state index in [4.69, 9.17) is 4.74 Å². The van der Waals surface area contributed by atoms with Crippen LogP contribution in [0, 0.1) is 0 Å². The Bertz CT molecular complexity index is 758. The number of nitrogens with zero attached hydrogens (tertiary/aromatic N) is 1. The van der Waals surface area contributed by atoms with Gasteiger partial charge in [-0.3, -0.25) is 4.98 Å². The molecule has 0 N–H and O–H groups in total. The lowest BCUT2D eigenvalue weighted by Gasteiger charge is -2.10. The first-order valence-corrected chi connectivity index (χ1v) is 8.05. The van der Waals surface area contributed by atoms with Crippen molar-refractivity contribution in [1.82, 2.24) is 4.98 Å². The molecule has 0 aliphatic heterocycles. The number of ether oxygens (including phenoxy) is 1. The van der Waals surface area contributed by atoms with Gasteiger partial charge in [-0.25, -0.2) is 0 Å². The molecule has 0 amide bonds. The van der Waals surface area contributed by atoms with E-state index in [2.05, 4.69) is 36.8 Å². The van der Waals surface area contributed by atoms with Crippen molar-refractivity contribution in [3.8, 4) is 11.5 Å². The minimum Gasteiger partial charge on any atom is -0.455 e. The summed E-state index contributed by atoms with van der Waals surface area (Å²) in [6, 6.07) is 16.0. The van der Waals surface area contributed by atoms with Crippen LogP contribution >= 0.6 is 31.9 Å². The van der Waals surface area contributed by atoms with Gasteiger partial charge in [-0.2, -0.15) is 0 Å². The van der Waals surface area contributed by atoms with Crippen LogP contribution in [-0.4, -0.2) is 4.98 Å². The lowest BCUT2D eigenvalue weighted by Crippen LogP contribution is -1.90. The van der Waals surface area contributed by atoms with E-state index in [1.54, 1.807) is 6.20 Å². The summed E-state index contributed by atoms with van der Waals surface area (Å²) >= 11 is 6.94. The Morgan fingerprint density at radius 1 is 1.05 bits per heavy atom. The maximum absolute atomic E-state index is 5.97. The van der Waals surface area contributed by atoms with E-state index >= 15 is 0 Å². The topological polar surface area (TPSA) is 22.1 Å². The van der Waals surface area contributed by atoms with Gasteiger partial charge in [0, 0.05) is 20.8 Å². The van der Waals surface area contributed by atoms with Crippen LogP contribution in [0.25, 0.3) is 10.9 Å². The highest BCUT2D eigenvalue weighted by atomic mass is 79.9. The third-order valence-corrected chi connectivity index (χ3v) is 4.06. The minimum atomic E-state index is 0.740. The lowest BCUT2D eigenvalue weighted by molar-refractivity contribution is 0.477. The molecule has 0 saturated heterocycles. The van der Waals surface area contributed by atoms with Gasteiger partial charge in [0.05, 0.1) is 11.7 Å². The molecule has 0 bridgehead atoms. The van der Waals surface area contributed by atoms with Crippen molar-refractivity contribution >= 4 is 42.8 Å². The van der Waals surface area contributed by atoms with Crippen molar-refractivity contribution in [3.63, 3.8) is 0 Å². The molecule has 100 valence electrons. The number of rotatable bonds is 3. The molecule has 0 radical (unpaired) electrons. The number of hydrogen-bond acceptors (Lipinski definition) is 2. The maximum Gasteiger partial charge on any atom is 0.146 e.